The Morgan fingerprint density at radius 2 is 1.83 bits per heavy atom. The Morgan fingerprint density at radius 3 is 2.39 bits per heavy atom. The number of aryl methyl sites for hydroxylation is 1. The third kappa shape index (κ3) is 2.54. The lowest BCUT2D eigenvalue weighted by molar-refractivity contribution is 0.112. The van der Waals surface area contributed by atoms with Gasteiger partial charge in [-0.1, -0.05) is 32.9 Å². The van der Waals surface area contributed by atoms with Gasteiger partial charge in [-0.15, -0.1) is 11.3 Å². The molecule has 0 spiro atoms. The summed E-state index contributed by atoms with van der Waals surface area (Å²) >= 11 is 1.55. The lowest BCUT2D eigenvalue weighted by Gasteiger charge is -2.20. The first-order chi connectivity index (χ1) is 8.41. The van der Waals surface area contributed by atoms with Crippen LogP contribution in [-0.2, 0) is 5.41 Å². The van der Waals surface area contributed by atoms with E-state index in [-0.39, 0.29) is 5.41 Å². The molecule has 1 aromatic heterocycles. The van der Waals surface area contributed by atoms with Crippen molar-refractivity contribution >= 4 is 17.6 Å². The zero-order valence-electron chi connectivity index (χ0n) is 11.3. The van der Waals surface area contributed by atoms with E-state index >= 15 is 0 Å². The smallest absolute Gasteiger partial charge is 0.160 e. The van der Waals surface area contributed by atoms with Gasteiger partial charge in [0.25, 0.3) is 0 Å². The molecule has 0 radical (unpaired) electrons. The predicted octanol–water partition coefficient (Wildman–Crippen LogP) is 4.83. The molecule has 0 N–H and O–H groups in total. The highest BCUT2D eigenvalue weighted by Crippen LogP contribution is 2.33. The van der Waals surface area contributed by atoms with Gasteiger partial charge < -0.3 is 0 Å². The fourth-order valence-electron chi connectivity index (χ4n) is 1.91. The number of carbonyl (C=O) groups is 1. The largest absolute Gasteiger partial charge is 0.297 e. The van der Waals surface area contributed by atoms with E-state index in [2.05, 4.69) is 45.9 Å². The zero-order valence-corrected chi connectivity index (χ0v) is 12.1. The second kappa shape index (κ2) is 4.69. The van der Waals surface area contributed by atoms with Gasteiger partial charge in [0.05, 0.1) is 4.88 Å². The minimum absolute atomic E-state index is 0.146. The zero-order chi connectivity index (χ0) is 13.3. The average molecular weight is 258 g/mol. The highest BCUT2D eigenvalue weighted by molar-refractivity contribution is 7.17. The SMILES string of the molecule is Cc1ccc(C(C)(C)C)cc1-c1ccc(C=O)s1. The van der Waals surface area contributed by atoms with Gasteiger partial charge in [0, 0.05) is 4.88 Å². The molecule has 0 aliphatic carbocycles. The second-order valence-electron chi connectivity index (χ2n) is 5.60. The maximum absolute atomic E-state index is 10.8. The van der Waals surface area contributed by atoms with E-state index in [0.29, 0.717) is 0 Å². The van der Waals surface area contributed by atoms with E-state index in [1.54, 1.807) is 11.3 Å². The van der Waals surface area contributed by atoms with Crippen LogP contribution < -0.4 is 0 Å². The molecule has 0 saturated carbocycles. The van der Waals surface area contributed by atoms with Gasteiger partial charge in [0.2, 0.25) is 0 Å². The van der Waals surface area contributed by atoms with Crippen LogP contribution in [0.5, 0.6) is 0 Å². The number of aldehydes is 1. The van der Waals surface area contributed by atoms with Crippen molar-refractivity contribution in [2.75, 3.05) is 0 Å². The first kappa shape index (κ1) is 13.0. The van der Waals surface area contributed by atoms with Crippen LogP contribution in [0.25, 0.3) is 10.4 Å². The maximum Gasteiger partial charge on any atom is 0.160 e. The normalized spacial score (nSPS) is 11.6. The molecule has 1 heterocycles. The van der Waals surface area contributed by atoms with E-state index in [9.17, 15) is 4.79 Å². The van der Waals surface area contributed by atoms with Crippen molar-refractivity contribution in [3.63, 3.8) is 0 Å². The molecule has 2 rings (SSSR count). The Hall–Kier alpha value is -1.41. The van der Waals surface area contributed by atoms with Crippen molar-refractivity contribution in [1.29, 1.82) is 0 Å². The number of hydrogen-bond donors (Lipinski definition) is 0. The quantitative estimate of drug-likeness (QED) is 0.705. The summed E-state index contributed by atoms with van der Waals surface area (Å²) in [4.78, 5) is 12.7. The van der Waals surface area contributed by atoms with Gasteiger partial charge in [0.1, 0.15) is 0 Å². The molecule has 0 bridgehead atoms. The minimum atomic E-state index is 0.146. The Bertz CT molecular complexity index is 573. The monoisotopic (exact) mass is 258 g/mol. The van der Waals surface area contributed by atoms with E-state index in [0.717, 1.165) is 11.2 Å². The summed E-state index contributed by atoms with van der Waals surface area (Å²) in [6.45, 7) is 8.76. The Morgan fingerprint density at radius 1 is 1.11 bits per heavy atom. The summed E-state index contributed by atoms with van der Waals surface area (Å²) in [5.74, 6) is 0. The van der Waals surface area contributed by atoms with Crippen LogP contribution in [0.2, 0.25) is 0 Å². The van der Waals surface area contributed by atoms with Gasteiger partial charge in [-0.05, 0) is 47.2 Å². The van der Waals surface area contributed by atoms with Crippen LogP contribution in [0, 0.1) is 6.92 Å². The lowest BCUT2D eigenvalue weighted by Crippen LogP contribution is -2.11. The van der Waals surface area contributed by atoms with Crippen molar-refractivity contribution in [1.82, 2.24) is 0 Å². The standard InChI is InChI=1S/C16H18OS/c1-11-5-6-12(16(2,3)4)9-14(11)15-8-7-13(10-17)18-15/h5-10H,1-4H3. The Kier molecular flexibility index (Phi) is 3.40. The summed E-state index contributed by atoms with van der Waals surface area (Å²) in [5, 5.41) is 0. The molecule has 18 heavy (non-hydrogen) atoms. The number of benzene rings is 1. The summed E-state index contributed by atoms with van der Waals surface area (Å²) < 4.78 is 0. The number of thiophene rings is 1. The Labute approximate surface area is 112 Å². The van der Waals surface area contributed by atoms with Gasteiger partial charge in [-0.3, -0.25) is 4.79 Å². The molecular formula is C16H18OS. The van der Waals surface area contributed by atoms with Crippen molar-refractivity contribution < 1.29 is 4.79 Å². The first-order valence-corrected chi connectivity index (χ1v) is 6.90. The molecule has 0 atom stereocenters. The highest BCUT2D eigenvalue weighted by Gasteiger charge is 2.15. The second-order valence-corrected chi connectivity index (χ2v) is 6.71. The number of carbonyl (C=O) groups excluding carboxylic acids is 1. The van der Waals surface area contributed by atoms with E-state index in [4.69, 9.17) is 0 Å². The van der Waals surface area contributed by atoms with Gasteiger partial charge in [-0.2, -0.15) is 0 Å². The first-order valence-electron chi connectivity index (χ1n) is 6.08. The van der Waals surface area contributed by atoms with Crippen molar-refractivity contribution in [2.45, 2.75) is 33.1 Å². The van der Waals surface area contributed by atoms with Crippen LogP contribution in [0.3, 0.4) is 0 Å². The van der Waals surface area contributed by atoms with Crippen LogP contribution >= 0.6 is 11.3 Å². The summed E-state index contributed by atoms with van der Waals surface area (Å²) in [5.41, 5.74) is 3.96. The van der Waals surface area contributed by atoms with Crippen molar-refractivity contribution in [3.8, 4) is 10.4 Å². The van der Waals surface area contributed by atoms with Gasteiger partial charge in [-0.25, -0.2) is 0 Å². The number of rotatable bonds is 2. The highest BCUT2D eigenvalue weighted by atomic mass is 32.1. The maximum atomic E-state index is 10.8. The van der Waals surface area contributed by atoms with Crippen LogP contribution in [-0.4, -0.2) is 6.29 Å². The number of hydrogen-bond acceptors (Lipinski definition) is 2. The molecule has 0 saturated heterocycles. The molecule has 94 valence electrons. The predicted molar refractivity (Wildman–Crippen MR) is 78.6 cm³/mol. The van der Waals surface area contributed by atoms with Crippen molar-refractivity contribution in [2.24, 2.45) is 0 Å². The molecule has 2 aromatic rings. The molecule has 0 aliphatic rings. The molecule has 0 unspecified atom stereocenters. The lowest BCUT2D eigenvalue weighted by atomic mass is 9.85. The molecular weight excluding hydrogens is 240 g/mol. The average Bonchev–Trinajstić information content (AvgIpc) is 2.76. The van der Waals surface area contributed by atoms with Gasteiger partial charge in [0.15, 0.2) is 6.29 Å². The molecule has 2 heteroatoms. The molecule has 1 nitrogen and oxygen atoms in total. The molecule has 1 aromatic carbocycles. The third-order valence-corrected chi connectivity index (χ3v) is 4.16. The fraction of sp³-hybridized carbons (Fsp3) is 0.312. The topological polar surface area (TPSA) is 17.1 Å². The summed E-state index contributed by atoms with van der Waals surface area (Å²) in [6, 6.07) is 10.5. The van der Waals surface area contributed by atoms with Crippen LogP contribution in [0.4, 0.5) is 0 Å². The van der Waals surface area contributed by atoms with Crippen LogP contribution in [0.1, 0.15) is 41.6 Å². The molecule has 0 amide bonds. The van der Waals surface area contributed by atoms with Crippen LogP contribution in [0.15, 0.2) is 30.3 Å². The summed E-state index contributed by atoms with van der Waals surface area (Å²) in [7, 11) is 0. The van der Waals surface area contributed by atoms with E-state index in [1.165, 1.54) is 21.6 Å². The fourth-order valence-corrected chi connectivity index (χ4v) is 2.82. The van der Waals surface area contributed by atoms with Crippen molar-refractivity contribution in [3.05, 3.63) is 46.3 Å². The van der Waals surface area contributed by atoms with E-state index in [1.807, 2.05) is 12.1 Å². The molecule has 0 aliphatic heterocycles. The Balaban J connectivity index is 2.52. The summed E-state index contributed by atoms with van der Waals surface area (Å²) in [6.07, 6.45) is 0.914. The molecule has 0 fully saturated rings. The third-order valence-electron chi connectivity index (χ3n) is 3.11. The van der Waals surface area contributed by atoms with Gasteiger partial charge >= 0.3 is 0 Å². The minimum Gasteiger partial charge on any atom is -0.297 e. The van der Waals surface area contributed by atoms with E-state index < -0.39 is 0 Å².